The molecule has 1 amide bonds. The van der Waals surface area contributed by atoms with Gasteiger partial charge in [0.25, 0.3) is 5.91 Å². The highest BCUT2D eigenvalue weighted by atomic mass is 127. The van der Waals surface area contributed by atoms with Gasteiger partial charge in [0.15, 0.2) is 0 Å². The Hall–Kier alpha value is -0.650. The molecule has 1 atom stereocenters. The summed E-state index contributed by atoms with van der Waals surface area (Å²) in [5.74, 6) is 0.385. The molecular formula is C14H17FINO. The summed E-state index contributed by atoms with van der Waals surface area (Å²) in [7, 11) is 0. The van der Waals surface area contributed by atoms with E-state index in [2.05, 4.69) is 6.92 Å². The molecule has 1 aromatic carbocycles. The van der Waals surface area contributed by atoms with E-state index in [0.717, 1.165) is 19.5 Å². The van der Waals surface area contributed by atoms with Crippen LogP contribution < -0.4 is 0 Å². The molecule has 0 N–H and O–H groups in total. The van der Waals surface area contributed by atoms with Gasteiger partial charge in [0.05, 0.1) is 5.56 Å². The number of carbonyl (C=O) groups is 1. The number of halogens is 2. The van der Waals surface area contributed by atoms with Crippen molar-refractivity contribution in [1.82, 2.24) is 4.90 Å². The van der Waals surface area contributed by atoms with E-state index in [0.29, 0.717) is 15.1 Å². The van der Waals surface area contributed by atoms with Gasteiger partial charge in [0.1, 0.15) is 5.82 Å². The van der Waals surface area contributed by atoms with Crippen LogP contribution in [0.15, 0.2) is 18.2 Å². The van der Waals surface area contributed by atoms with Gasteiger partial charge in [-0.1, -0.05) is 13.3 Å². The quantitative estimate of drug-likeness (QED) is 0.752. The molecule has 1 unspecified atom stereocenters. The molecular weight excluding hydrogens is 344 g/mol. The summed E-state index contributed by atoms with van der Waals surface area (Å²) in [6, 6.07) is 4.36. The maximum atomic E-state index is 13.0. The van der Waals surface area contributed by atoms with Gasteiger partial charge in [-0.05, 0) is 59.5 Å². The fourth-order valence-electron chi connectivity index (χ4n) is 2.49. The van der Waals surface area contributed by atoms with Crippen molar-refractivity contribution in [3.05, 3.63) is 33.1 Å². The molecule has 4 heteroatoms. The minimum Gasteiger partial charge on any atom is -0.338 e. The van der Waals surface area contributed by atoms with E-state index in [-0.39, 0.29) is 11.7 Å². The number of rotatable bonds is 3. The summed E-state index contributed by atoms with van der Waals surface area (Å²) in [6.45, 7) is 3.85. The molecule has 1 aromatic rings. The van der Waals surface area contributed by atoms with Crippen molar-refractivity contribution in [1.29, 1.82) is 0 Å². The molecule has 0 bridgehead atoms. The maximum Gasteiger partial charge on any atom is 0.254 e. The predicted octanol–water partition coefficient (Wildman–Crippen LogP) is 3.69. The van der Waals surface area contributed by atoms with Crippen molar-refractivity contribution in [2.75, 3.05) is 13.1 Å². The second-order valence-corrected chi connectivity index (χ2v) is 5.98. The van der Waals surface area contributed by atoms with Crippen LogP contribution in [-0.2, 0) is 0 Å². The molecule has 2 rings (SSSR count). The van der Waals surface area contributed by atoms with Crippen molar-refractivity contribution in [3.8, 4) is 0 Å². The third kappa shape index (κ3) is 3.02. The molecule has 98 valence electrons. The van der Waals surface area contributed by atoms with Gasteiger partial charge in [0, 0.05) is 16.7 Å². The Bertz CT molecular complexity index is 449. The lowest BCUT2D eigenvalue weighted by Crippen LogP contribution is -2.29. The van der Waals surface area contributed by atoms with Crippen molar-refractivity contribution < 1.29 is 9.18 Å². The van der Waals surface area contributed by atoms with Gasteiger partial charge in [0.2, 0.25) is 0 Å². The first-order valence-electron chi connectivity index (χ1n) is 6.36. The van der Waals surface area contributed by atoms with Gasteiger partial charge >= 0.3 is 0 Å². The number of amides is 1. The van der Waals surface area contributed by atoms with Gasteiger partial charge < -0.3 is 4.90 Å². The Morgan fingerprint density at radius 1 is 1.56 bits per heavy atom. The number of benzene rings is 1. The van der Waals surface area contributed by atoms with E-state index < -0.39 is 0 Å². The SMILES string of the molecule is CCCC1CCN(C(=O)c2ccc(F)cc2I)C1. The third-order valence-electron chi connectivity index (χ3n) is 3.43. The van der Waals surface area contributed by atoms with Crippen LogP contribution in [0.2, 0.25) is 0 Å². The highest BCUT2D eigenvalue weighted by Crippen LogP contribution is 2.24. The minimum atomic E-state index is -0.291. The molecule has 0 saturated carbocycles. The van der Waals surface area contributed by atoms with E-state index in [9.17, 15) is 9.18 Å². The summed E-state index contributed by atoms with van der Waals surface area (Å²) < 4.78 is 13.7. The number of nitrogens with zero attached hydrogens (tertiary/aromatic N) is 1. The van der Waals surface area contributed by atoms with Gasteiger partial charge in [-0.25, -0.2) is 4.39 Å². The van der Waals surface area contributed by atoms with Crippen molar-refractivity contribution in [2.24, 2.45) is 5.92 Å². The Morgan fingerprint density at radius 2 is 2.33 bits per heavy atom. The van der Waals surface area contributed by atoms with Crippen LogP contribution in [-0.4, -0.2) is 23.9 Å². The third-order valence-corrected chi connectivity index (χ3v) is 4.32. The van der Waals surface area contributed by atoms with Crippen molar-refractivity contribution in [3.63, 3.8) is 0 Å². The van der Waals surface area contributed by atoms with Gasteiger partial charge in [-0.15, -0.1) is 0 Å². The summed E-state index contributed by atoms with van der Waals surface area (Å²) in [5, 5.41) is 0. The highest BCUT2D eigenvalue weighted by molar-refractivity contribution is 14.1. The number of hydrogen-bond donors (Lipinski definition) is 0. The molecule has 0 aliphatic carbocycles. The van der Waals surface area contributed by atoms with Crippen LogP contribution in [0.1, 0.15) is 36.5 Å². The van der Waals surface area contributed by atoms with Crippen LogP contribution in [0.4, 0.5) is 4.39 Å². The Morgan fingerprint density at radius 3 is 3.00 bits per heavy atom. The normalized spacial score (nSPS) is 19.3. The zero-order valence-electron chi connectivity index (χ0n) is 10.5. The standard InChI is InChI=1S/C14H17FINO/c1-2-3-10-6-7-17(9-10)14(18)12-5-4-11(15)8-13(12)16/h4-5,8,10H,2-3,6-7,9H2,1H3. The van der Waals surface area contributed by atoms with E-state index in [1.165, 1.54) is 25.0 Å². The van der Waals surface area contributed by atoms with E-state index >= 15 is 0 Å². The number of likely N-dealkylation sites (tertiary alicyclic amines) is 1. The number of carbonyl (C=O) groups excluding carboxylic acids is 1. The average Bonchev–Trinajstić information content (AvgIpc) is 2.77. The summed E-state index contributed by atoms with van der Waals surface area (Å²) in [6.07, 6.45) is 3.45. The fourth-order valence-corrected chi connectivity index (χ4v) is 3.20. The second-order valence-electron chi connectivity index (χ2n) is 4.82. The predicted molar refractivity (Wildman–Crippen MR) is 78.0 cm³/mol. The molecule has 1 saturated heterocycles. The largest absolute Gasteiger partial charge is 0.338 e. The Balaban J connectivity index is 2.08. The molecule has 1 aliphatic heterocycles. The first-order valence-corrected chi connectivity index (χ1v) is 7.44. The number of hydrogen-bond acceptors (Lipinski definition) is 1. The molecule has 1 aliphatic rings. The summed E-state index contributed by atoms with van der Waals surface area (Å²) in [5.41, 5.74) is 0.620. The molecule has 0 aromatic heterocycles. The average molecular weight is 361 g/mol. The molecule has 0 spiro atoms. The van der Waals surface area contributed by atoms with Crippen LogP contribution in [0.5, 0.6) is 0 Å². The maximum absolute atomic E-state index is 13.0. The van der Waals surface area contributed by atoms with Gasteiger partial charge in [-0.2, -0.15) is 0 Å². The molecule has 2 nitrogen and oxygen atoms in total. The Kier molecular flexibility index (Phi) is 4.59. The highest BCUT2D eigenvalue weighted by Gasteiger charge is 2.27. The summed E-state index contributed by atoms with van der Waals surface area (Å²) >= 11 is 2.02. The molecule has 1 fully saturated rings. The van der Waals surface area contributed by atoms with Gasteiger partial charge in [-0.3, -0.25) is 4.79 Å². The molecule has 18 heavy (non-hydrogen) atoms. The first kappa shape index (κ1) is 13.8. The molecule has 1 heterocycles. The van der Waals surface area contributed by atoms with E-state index in [1.54, 1.807) is 6.07 Å². The zero-order chi connectivity index (χ0) is 13.1. The lowest BCUT2D eigenvalue weighted by atomic mass is 10.0. The lowest BCUT2D eigenvalue weighted by Gasteiger charge is -2.17. The van der Waals surface area contributed by atoms with Crippen LogP contribution in [0.3, 0.4) is 0 Å². The van der Waals surface area contributed by atoms with Crippen LogP contribution >= 0.6 is 22.6 Å². The monoisotopic (exact) mass is 361 g/mol. The van der Waals surface area contributed by atoms with Crippen LogP contribution in [0, 0.1) is 15.3 Å². The Labute approximate surface area is 121 Å². The smallest absolute Gasteiger partial charge is 0.254 e. The second kappa shape index (κ2) is 5.99. The molecule has 0 radical (unpaired) electrons. The lowest BCUT2D eigenvalue weighted by molar-refractivity contribution is 0.0785. The van der Waals surface area contributed by atoms with E-state index in [1.807, 2.05) is 27.5 Å². The topological polar surface area (TPSA) is 20.3 Å². The van der Waals surface area contributed by atoms with Crippen LogP contribution in [0.25, 0.3) is 0 Å². The summed E-state index contributed by atoms with van der Waals surface area (Å²) in [4.78, 5) is 14.2. The first-order chi connectivity index (χ1) is 8.61. The zero-order valence-corrected chi connectivity index (χ0v) is 12.6. The fraction of sp³-hybridized carbons (Fsp3) is 0.500. The van der Waals surface area contributed by atoms with E-state index in [4.69, 9.17) is 0 Å². The van der Waals surface area contributed by atoms with Crippen molar-refractivity contribution in [2.45, 2.75) is 26.2 Å². The minimum absolute atomic E-state index is 0.0398. The van der Waals surface area contributed by atoms with Crippen molar-refractivity contribution >= 4 is 28.5 Å².